The van der Waals surface area contributed by atoms with Gasteiger partial charge in [-0.2, -0.15) is 0 Å². The molecule has 2 saturated carbocycles. The van der Waals surface area contributed by atoms with E-state index in [0.29, 0.717) is 18.4 Å². The third-order valence-electron chi connectivity index (χ3n) is 7.87. The van der Waals surface area contributed by atoms with Crippen molar-refractivity contribution < 1.29 is 9.53 Å². The fraction of sp³-hybridized carbons (Fsp3) is 0.615. The minimum atomic E-state index is -0.907. The fourth-order valence-electron chi connectivity index (χ4n) is 5.89. The van der Waals surface area contributed by atoms with Crippen LogP contribution in [0.3, 0.4) is 0 Å². The molecule has 1 amide bonds. The van der Waals surface area contributed by atoms with Gasteiger partial charge < -0.3 is 10.5 Å². The van der Waals surface area contributed by atoms with E-state index in [1.165, 1.54) is 18.4 Å². The van der Waals surface area contributed by atoms with Crippen molar-refractivity contribution in [3.63, 3.8) is 0 Å². The largest absolute Gasteiger partial charge is 0.381 e. The number of unbranched alkanes of at least 4 members (excludes halogenated alkanes) is 1. The lowest BCUT2D eigenvalue weighted by Gasteiger charge is -2.45. The van der Waals surface area contributed by atoms with Crippen molar-refractivity contribution >= 4 is 11.9 Å². The van der Waals surface area contributed by atoms with Crippen LogP contribution in [0.5, 0.6) is 0 Å². The number of fused-ring (bicyclic) bond motifs is 3. The van der Waals surface area contributed by atoms with Crippen LogP contribution in [0, 0.1) is 23.2 Å². The second-order valence-electron chi connectivity index (χ2n) is 9.80. The van der Waals surface area contributed by atoms with Crippen LogP contribution in [0.1, 0.15) is 75.0 Å². The van der Waals surface area contributed by atoms with Crippen LogP contribution in [0.25, 0.3) is 0 Å². The summed E-state index contributed by atoms with van der Waals surface area (Å²) in [6.45, 7) is 2.77. The van der Waals surface area contributed by atoms with Crippen LogP contribution < -0.4 is 5.73 Å². The summed E-state index contributed by atoms with van der Waals surface area (Å²) >= 11 is 0. The summed E-state index contributed by atoms with van der Waals surface area (Å²) in [5.41, 5.74) is 8.54. The normalized spacial score (nSPS) is 31.7. The number of benzene rings is 1. The minimum Gasteiger partial charge on any atom is -0.381 e. The van der Waals surface area contributed by atoms with Crippen LogP contribution in [-0.2, 0) is 21.5 Å². The van der Waals surface area contributed by atoms with Gasteiger partial charge in [0.2, 0.25) is 0 Å². The number of nitrogens with zero attached hydrogens (tertiary/aromatic N) is 2. The third-order valence-corrected chi connectivity index (χ3v) is 7.87. The summed E-state index contributed by atoms with van der Waals surface area (Å²) in [6, 6.07) is 6.43. The van der Waals surface area contributed by atoms with Crippen LogP contribution in [0.2, 0.25) is 0 Å². The van der Waals surface area contributed by atoms with Gasteiger partial charge in [0.15, 0.2) is 11.5 Å². The third kappa shape index (κ3) is 3.19. The summed E-state index contributed by atoms with van der Waals surface area (Å²) in [4.78, 5) is 20.9. The highest BCUT2D eigenvalue weighted by Gasteiger charge is 2.66. The van der Waals surface area contributed by atoms with Crippen molar-refractivity contribution in [1.82, 2.24) is 4.90 Å². The Labute approximate surface area is 185 Å². The van der Waals surface area contributed by atoms with Crippen molar-refractivity contribution in [3.05, 3.63) is 34.9 Å². The molecular weight excluding hydrogens is 386 g/mol. The maximum Gasteiger partial charge on any atom is 0.262 e. The van der Waals surface area contributed by atoms with Crippen molar-refractivity contribution in [2.24, 2.45) is 22.1 Å². The second kappa shape index (κ2) is 7.67. The Morgan fingerprint density at radius 1 is 1.26 bits per heavy atom. The summed E-state index contributed by atoms with van der Waals surface area (Å²) in [6.07, 6.45) is 9.25. The Kier molecular flexibility index (Phi) is 5.09. The highest BCUT2D eigenvalue weighted by atomic mass is 16.5. The Morgan fingerprint density at radius 3 is 2.71 bits per heavy atom. The number of guanidine groups is 1. The van der Waals surface area contributed by atoms with E-state index in [0.717, 1.165) is 56.1 Å². The molecule has 0 bridgehead atoms. The quantitative estimate of drug-likeness (QED) is 0.756. The van der Waals surface area contributed by atoms with E-state index >= 15 is 0 Å². The van der Waals surface area contributed by atoms with Crippen molar-refractivity contribution in [2.75, 3.05) is 13.7 Å². The van der Waals surface area contributed by atoms with Gasteiger partial charge >= 0.3 is 0 Å². The zero-order valence-corrected chi connectivity index (χ0v) is 18.7. The summed E-state index contributed by atoms with van der Waals surface area (Å²) < 4.78 is 5.65. The molecule has 0 saturated heterocycles. The lowest BCUT2D eigenvalue weighted by molar-refractivity contribution is -0.138. The van der Waals surface area contributed by atoms with Crippen molar-refractivity contribution in [3.8, 4) is 11.8 Å². The van der Waals surface area contributed by atoms with Crippen LogP contribution in [-0.4, -0.2) is 36.5 Å². The highest BCUT2D eigenvalue weighted by Crippen LogP contribution is 2.62. The van der Waals surface area contributed by atoms with Gasteiger partial charge in [-0.15, -0.1) is 0 Å². The van der Waals surface area contributed by atoms with E-state index in [1.54, 1.807) is 12.0 Å². The molecule has 2 N–H and O–H groups in total. The first kappa shape index (κ1) is 20.6. The zero-order chi connectivity index (χ0) is 21.6. The van der Waals surface area contributed by atoms with Gasteiger partial charge in [0.05, 0.1) is 6.10 Å². The molecule has 1 aromatic rings. The molecule has 5 rings (SSSR count). The summed E-state index contributed by atoms with van der Waals surface area (Å²) in [7, 11) is 1.79. The van der Waals surface area contributed by atoms with E-state index in [1.807, 2.05) is 0 Å². The molecule has 0 aromatic heterocycles. The van der Waals surface area contributed by atoms with E-state index < -0.39 is 5.54 Å². The number of hydrogen-bond acceptors (Lipinski definition) is 4. The Morgan fingerprint density at radius 2 is 2.03 bits per heavy atom. The van der Waals surface area contributed by atoms with Crippen molar-refractivity contribution in [2.45, 2.75) is 76.4 Å². The predicted molar refractivity (Wildman–Crippen MR) is 121 cm³/mol. The molecule has 5 heteroatoms. The van der Waals surface area contributed by atoms with E-state index in [2.05, 4.69) is 37.0 Å². The minimum absolute atomic E-state index is 0.0698. The summed E-state index contributed by atoms with van der Waals surface area (Å²) in [5, 5.41) is 0. The summed E-state index contributed by atoms with van der Waals surface area (Å²) in [5.74, 6) is 7.71. The molecule has 4 aliphatic rings. The first-order valence-electron chi connectivity index (χ1n) is 11.9. The molecule has 0 radical (unpaired) electrons. The Balaban J connectivity index is 1.59. The van der Waals surface area contributed by atoms with Crippen LogP contribution >= 0.6 is 0 Å². The maximum absolute atomic E-state index is 14.1. The van der Waals surface area contributed by atoms with Crippen LogP contribution in [0.4, 0.5) is 0 Å². The lowest BCUT2D eigenvalue weighted by Crippen LogP contribution is -2.52. The number of ether oxygens (including phenoxy) is 1. The van der Waals surface area contributed by atoms with Gasteiger partial charge in [-0.25, -0.2) is 4.99 Å². The maximum atomic E-state index is 14.1. The molecule has 31 heavy (non-hydrogen) atoms. The van der Waals surface area contributed by atoms with Gasteiger partial charge in [-0.3, -0.25) is 9.69 Å². The number of carbonyl (C=O) groups excluding carboxylic acids is 1. The fourth-order valence-corrected chi connectivity index (χ4v) is 5.89. The number of rotatable bonds is 4. The molecule has 164 valence electrons. The smallest absolute Gasteiger partial charge is 0.262 e. The molecule has 3 aliphatic carbocycles. The van der Waals surface area contributed by atoms with Gasteiger partial charge in [-0.05, 0) is 74.6 Å². The van der Waals surface area contributed by atoms with Crippen molar-refractivity contribution in [1.29, 1.82) is 0 Å². The molecular formula is C26H33N3O2. The van der Waals surface area contributed by atoms with Gasteiger partial charge in [0.25, 0.3) is 5.91 Å². The molecule has 1 unspecified atom stereocenters. The number of hydrogen-bond donors (Lipinski definition) is 1. The van der Waals surface area contributed by atoms with E-state index in [4.69, 9.17) is 15.5 Å². The number of methoxy groups -OCH3 is 1. The first-order chi connectivity index (χ1) is 15.0. The standard InChI is InChI=1S/C26H33N3O2/c1-3-4-15-29-23(30)26(28-24(29)27)22-16-19(8-7-18-5-6-18)9-10-20(22)17-25(26)13-11-21(31-2)12-14-25/h9-10,16,18,21H,3-6,11-15,17H2,1-2H3,(H2,27,28). The van der Waals surface area contributed by atoms with Gasteiger partial charge in [-0.1, -0.05) is 31.3 Å². The topological polar surface area (TPSA) is 67.9 Å². The lowest BCUT2D eigenvalue weighted by atomic mass is 9.61. The first-order valence-corrected chi connectivity index (χ1v) is 11.9. The molecule has 2 spiro atoms. The SMILES string of the molecule is CCCCN1C(=O)C2(N=C1N)c1cc(C#CC3CC3)ccc1CC21CCC(OC)CC1. The molecule has 2 fully saturated rings. The average Bonchev–Trinajstić information content (AvgIpc) is 3.53. The molecule has 1 atom stereocenters. The van der Waals surface area contributed by atoms with Gasteiger partial charge in [0.1, 0.15) is 0 Å². The molecule has 1 heterocycles. The predicted octanol–water partition coefficient (Wildman–Crippen LogP) is 3.73. The zero-order valence-electron chi connectivity index (χ0n) is 18.7. The highest BCUT2D eigenvalue weighted by molar-refractivity contribution is 6.08. The molecule has 1 aromatic carbocycles. The van der Waals surface area contributed by atoms with E-state index in [-0.39, 0.29) is 17.4 Å². The number of carbonyl (C=O) groups is 1. The van der Waals surface area contributed by atoms with Crippen LogP contribution in [0.15, 0.2) is 23.2 Å². The molecule has 5 nitrogen and oxygen atoms in total. The van der Waals surface area contributed by atoms with E-state index in [9.17, 15) is 4.79 Å². The number of amides is 1. The number of aliphatic imine (C=N–C) groups is 1. The van der Waals surface area contributed by atoms with Gasteiger partial charge in [0, 0.05) is 30.6 Å². The number of nitrogens with two attached hydrogens (primary N) is 1. The Hall–Kier alpha value is -2.32. The second-order valence-corrected chi connectivity index (χ2v) is 9.80. The monoisotopic (exact) mass is 419 g/mol. The average molecular weight is 420 g/mol. The molecule has 1 aliphatic heterocycles. The Bertz CT molecular complexity index is 976.